The van der Waals surface area contributed by atoms with E-state index in [2.05, 4.69) is 36.2 Å². The summed E-state index contributed by atoms with van der Waals surface area (Å²) in [6, 6.07) is 16.5. The average Bonchev–Trinajstić information content (AvgIpc) is 2.42. The Bertz CT molecular complexity index is 727. The Balaban J connectivity index is 2.06. The van der Waals surface area contributed by atoms with Crippen molar-refractivity contribution in [3.05, 3.63) is 71.4 Å². The Morgan fingerprint density at radius 3 is 2.68 bits per heavy atom. The van der Waals surface area contributed by atoms with Crippen molar-refractivity contribution in [1.82, 2.24) is 4.98 Å². The van der Waals surface area contributed by atoms with Crippen LogP contribution in [0.1, 0.15) is 16.7 Å². The van der Waals surface area contributed by atoms with E-state index in [9.17, 15) is 0 Å². The first kappa shape index (κ1) is 11.7. The molecule has 0 bridgehead atoms. The molecule has 0 unspecified atom stereocenters. The third kappa shape index (κ3) is 2.29. The van der Waals surface area contributed by atoms with Gasteiger partial charge in [-0.3, -0.25) is 4.98 Å². The number of aromatic nitrogens is 1. The molecule has 3 aromatic rings. The number of nitrogen functional groups attached to an aromatic ring is 1. The summed E-state index contributed by atoms with van der Waals surface area (Å²) in [5, 5.41) is 1.20. The summed E-state index contributed by atoms with van der Waals surface area (Å²) in [5.41, 5.74) is 11.6. The predicted octanol–water partition coefficient (Wildman–Crippen LogP) is 3.72. The van der Waals surface area contributed by atoms with Crippen molar-refractivity contribution in [2.75, 3.05) is 5.73 Å². The van der Waals surface area contributed by atoms with Crippen LogP contribution in [0.2, 0.25) is 0 Å². The summed E-state index contributed by atoms with van der Waals surface area (Å²) >= 11 is 0. The number of hydrogen-bond acceptors (Lipinski definition) is 2. The van der Waals surface area contributed by atoms with Crippen LogP contribution >= 0.6 is 0 Å². The zero-order chi connectivity index (χ0) is 13.2. The molecule has 0 fully saturated rings. The van der Waals surface area contributed by atoms with Crippen LogP contribution in [0.3, 0.4) is 0 Å². The minimum atomic E-state index is 0.842. The van der Waals surface area contributed by atoms with Crippen molar-refractivity contribution in [3.63, 3.8) is 0 Å². The molecule has 2 N–H and O–H groups in total. The van der Waals surface area contributed by atoms with Crippen molar-refractivity contribution in [2.45, 2.75) is 13.3 Å². The molecule has 2 aromatic carbocycles. The lowest BCUT2D eigenvalue weighted by Gasteiger charge is -2.09. The lowest BCUT2D eigenvalue weighted by atomic mass is 9.99. The SMILES string of the molecule is Cc1ccc(Cc2ccnc3ccccc23)c(N)c1. The van der Waals surface area contributed by atoms with Crippen LogP contribution in [0.25, 0.3) is 10.9 Å². The zero-order valence-corrected chi connectivity index (χ0v) is 10.9. The van der Waals surface area contributed by atoms with E-state index in [0.717, 1.165) is 17.6 Å². The van der Waals surface area contributed by atoms with Crippen molar-refractivity contribution in [3.8, 4) is 0 Å². The summed E-state index contributed by atoms with van der Waals surface area (Å²) in [4.78, 5) is 4.39. The molecule has 0 amide bonds. The number of nitrogens with zero attached hydrogens (tertiary/aromatic N) is 1. The van der Waals surface area contributed by atoms with Gasteiger partial charge in [-0.25, -0.2) is 0 Å². The Morgan fingerprint density at radius 1 is 1.00 bits per heavy atom. The van der Waals surface area contributed by atoms with E-state index in [1.807, 2.05) is 30.5 Å². The first-order valence-electron chi connectivity index (χ1n) is 6.41. The highest BCUT2D eigenvalue weighted by atomic mass is 14.6. The standard InChI is InChI=1S/C17H16N2/c1-12-6-7-14(16(18)10-12)11-13-8-9-19-17-5-3-2-4-15(13)17/h2-10H,11,18H2,1H3. The molecule has 3 rings (SSSR count). The molecule has 2 heteroatoms. The highest BCUT2D eigenvalue weighted by molar-refractivity contribution is 5.82. The first-order chi connectivity index (χ1) is 9.24. The first-order valence-corrected chi connectivity index (χ1v) is 6.41. The van der Waals surface area contributed by atoms with E-state index in [1.165, 1.54) is 22.1 Å². The van der Waals surface area contributed by atoms with Gasteiger partial charge in [0.15, 0.2) is 0 Å². The number of para-hydroxylation sites is 1. The number of hydrogen-bond donors (Lipinski definition) is 1. The average molecular weight is 248 g/mol. The van der Waals surface area contributed by atoms with Gasteiger partial charge < -0.3 is 5.73 Å². The van der Waals surface area contributed by atoms with E-state index < -0.39 is 0 Å². The smallest absolute Gasteiger partial charge is 0.0704 e. The third-order valence-corrected chi connectivity index (χ3v) is 3.42. The van der Waals surface area contributed by atoms with Gasteiger partial charge in [0.25, 0.3) is 0 Å². The second-order valence-electron chi connectivity index (χ2n) is 4.87. The van der Waals surface area contributed by atoms with Gasteiger partial charge in [0.05, 0.1) is 5.52 Å². The molecule has 0 radical (unpaired) electrons. The van der Waals surface area contributed by atoms with Gasteiger partial charge in [-0.2, -0.15) is 0 Å². The van der Waals surface area contributed by atoms with Gasteiger partial charge in [-0.15, -0.1) is 0 Å². The molecule has 1 heterocycles. The second kappa shape index (κ2) is 4.73. The number of anilines is 1. The van der Waals surface area contributed by atoms with Gasteiger partial charge >= 0.3 is 0 Å². The van der Waals surface area contributed by atoms with E-state index in [0.29, 0.717) is 0 Å². The molecule has 0 saturated carbocycles. The maximum absolute atomic E-state index is 6.10. The van der Waals surface area contributed by atoms with Crippen molar-refractivity contribution < 1.29 is 0 Å². The molecule has 0 aliphatic heterocycles. The molecule has 0 saturated heterocycles. The maximum atomic E-state index is 6.10. The van der Waals surface area contributed by atoms with Gasteiger partial charge in [-0.1, -0.05) is 30.3 Å². The van der Waals surface area contributed by atoms with E-state index >= 15 is 0 Å². The fraction of sp³-hybridized carbons (Fsp3) is 0.118. The van der Waals surface area contributed by atoms with Crippen molar-refractivity contribution in [1.29, 1.82) is 0 Å². The summed E-state index contributed by atoms with van der Waals surface area (Å²) in [7, 11) is 0. The number of aryl methyl sites for hydroxylation is 1. The molecule has 0 aliphatic carbocycles. The van der Waals surface area contributed by atoms with Crippen LogP contribution in [-0.2, 0) is 6.42 Å². The Kier molecular flexibility index (Phi) is 2.92. The Hall–Kier alpha value is -2.35. The molecule has 0 aliphatic rings. The van der Waals surface area contributed by atoms with Gasteiger partial charge in [0.2, 0.25) is 0 Å². The lowest BCUT2D eigenvalue weighted by Crippen LogP contribution is -1.97. The number of fused-ring (bicyclic) bond motifs is 1. The minimum absolute atomic E-state index is 0.842. The lowest BCUT2D eigenvalue weighted by molar-refractivity contribution is 1.20. The van der Waals surface area contributed by atoms with E-state index in [4.69, 9.17) is 5.73 Å². The largest absolute Gasteiger partial charge is 0.398 e. The highest BCUT2D eigenvalue weighted by Crippen LogP contribution is 2.22. The van der Waals surface area contributed by atoms with Crippen molar-refractivity contribution >= 4 is 16.6 Å². The summed E-state index contributed by atoms with van der Waals surface area (Å²) in [5.74, 6) is 0. The fourth-order valence-electron chi connectivity index (χ4n) is 2.39. The summed E-state index contributed by atoms with van der Waals surface area (Å²) < 4.78 is 0. The summed E-state index contributed by atoms with van der Waals surface area (Å²) in [6.45, 7) is 2.06. The molecule has 94 valence electrons. The quantitative estimate of drug-likeness (QED) is 0.702. The van der Waals surface area contributed by atoms with Gasteiger partial charge in [0, 0.05) is 23.7 Å². The molecule has 0 atom stereocenters. The van der Waals surface area contributed by atoms with Gasteiger partial charge in [0.1, 0.15) is 0 Å². The Morgan fingerprint density at radius 2 is 1.84 bits per heavy atom. The molecular weight excluding hydrogens is 232 g/mol. The summed E-state index contributed by atoms with van der Waals surface area (Å²) in [6.07, 6.45) is 2.71. The van der Waals surface area contributed by atoms with Crippen LogP contribution in [-0.4, -0.2) is 4.98 Å². The number of pyridine rings is 1. The maximum Gasteiger partial charge on any atom is 0.0704 e. The number of rotatable bonds is 2. The zero-order valence-electron chi connectivity index (χ0n) is 10.9. The van der Waals surface area contributed by atoms with Crippen LogP contribution < -0.4 is 5.73 Å². The minimum Gasteiger partial charge on any atom is -0.398 e. The fourth-order valence-corrected chi connectivity index (χ4v) is 2.39. The predicted molar refractivity (Wildman–Crippen MR) is 80.1 cm³/mol. The Labute approximate surface area is 112 Å². The topological polar surface area (TPSA) is 38.9 Å². The number of nitrogens with two attached hydrogens (primary N) is 1. The normalized spacial score (nSPS) is 10.8. The van der Waals surface area contributed by atoms with E-state index in [-0.39, 0.29) is 0 Å². The number of benzene rings is 2. The van der Waals surface area contributed by atoms with Crippen LogP contribution in [0.5, 0.6) is 0 Å². The van der Waals surface area contributed by atoms with Crippen LogP contribution in [0.15, 0.2) is 54.7 Å². The molecule has 1 aromatic heterocycles. The molecular formula is C17H16N2. The van der Waals surface area contributed by atoms with Crippen LogP contribution in [0, 0.1) is 6.92 Å². The third-order valence-electron chi connectivity index (χ3n) is 3.42. The molecule has 0 spiro atoms. The molecule has 19 heavy (non-hydrogen) atoms. The van der Waals surface area contributed by atoms with Crippen molar-refractivity contribution in [2.24, 2.45) is 0 Å². The highest BCUT2D eigenvalue weighted by Gasteiger charge is 2.05. The molecule has 2 nitrogen and oxygen atoms in total. The van der Waals surface area contributed by atoms with E-state index in [1.54, 1.807) is 0 Å². The second-order valence-corrected chi connectivity index (χ2v) is 4.87. The van der Waals surface area contributed by atoms with Gasteiger partial charge in [-0.05, 0) is 41.8 Å². The van der Waals surface area contributed by atoms with Crippen LogP contribution in [0.4, 0.5) is 5.69 Å². The monoisotopic (exact) mass is 248 g/mol.